The number of methoxy groups -OCH3 is 1. The first-order valence-electron chi connectivity index (χ1n) is 11.9. The van der Waals surface area contributed by atoms with Gasteiger partial charge in [0.25, 0.3) is 0 Å². The molecule has 2 atom stereocenters. The molecular formula is C29H26FNO5. The molecule has 0 spiro atoms. The van der Waals surface area contributed by atoms with Crippen molar-refractivity contribution >= 4 is 5.97 Å². The highest BCUT2D eigenvalue weighted by Gasteiger charge is 2.32. The molecule has 0 bridgehead atoms. The second kappa shape index (κ2) is 9.54. The van der Waals surface area contributed by atoms with Crippen molar-refractivity contribution < 1.29 is 28.1 Å². The third kappa shape index (κ3) is 4.35. The van der Waals surface area contributed by atoms with Crippen LogP contribution < -0.4 is 14.2 Å². The first kappa shape index (κ1) is 23.7. The van der Waals surface area contributed by atoms with Gasteiger partial charge < -0.3 is 18.9 Å². The smallest absolute Gasteiger partial charge is 0.306 e. The van der Waals surface area contributed by atoms with Crippen molar-refractivity contribution in [2.45, 2.75) is 45.1 Å². The lowest BCUT2D eigenvalue weighted by atomic mass is 9.98. The van der Waals surface area contributed by atoms with Crippen LogP contribution in [-0.2, 0) is 16.0 Å². The number of nitrogens with zero attached hydrogens (tertiary/aromatic N) is 1. The minimum Gasteiger partial charge on any atom is -0.492 e. The Bertz CT molecular complexity index is 1370. The van der Waals surface area contributed by atoms with E-state index in [-0.39, 0.29) is 24.1 Å². The summed E-state index contributed by atoms with van der Waals surface area (Å²) in [5.41, 5.74) is 4.53. The van der Waals surface area contributed by atoms with E-state index in [1.165, 1.54) is 13.2 Å². The van der Waals surface area contributed by atoms with Gasteiger partial charge in [0.2, 0.25) is 0 Å². The number of hydrogen-bond donors (Lipinski definition) is 0. The molecule has 0 saturated heterocycles. The second-order valence-electron chi connectivity index (χ2n) is 9.22. The molecule has 0 N–H and O–H groups in total. The Balaban J connectivity index is 1.37. The largest absolute Gasteiger partial charge is 0.492 e. The Labute approximate surface area is 209 Å². The highest BCUT2D eigenvalue weighted by atomic mass is 19.1. The van der Waals surface area contributed by atoms with Gasteiger partial charge in [0, 0.05) is 28.7 Å². The highest BCUT2D eigenvalue weighted by Crippen LogP contribution is 2.44. The maximum atomic E-state index is 15.0. The summed E-state index contributed by atoms with van der Waals surface area (Å²) in [6.07, 6.45) is 1.02. The topological polar surface area (TPSA) is 77.8 Å². The number of rotatable bonds is 6. The first-order valence-corrected chi connectivity index (χ1v) is 11.9. The third-order valence-electron chi connectivity index (χ3n) is 6.87. The number of nitriles is 1. The van der Waals surface area contributed by atoms with Crippen molar-refractivity contribution in [3.63, 3.8) is 0 Å². The van der Waals surface area contributed by atoms with E-state index in [1.807, 2.05) is 38.1 Å². The zero-order valence-electron chi connectivity index (χ0n) is 20.4. The quantitative estimate of drug-likeness (QED) is 0.385. The van der Waals surface area contributed by atoms with Crippen LogP contribution in [0.4, 0.5) is 4.39 Å². The maximum Gasteiger partial charge on any atom is 0.306 e. The van der Waals surface area contributed by atoms with Crippen LogP contribution in [0.5, 0.6) is 23.0 Å². The summed E-state index contributed by atoms with van der Waals surface area (Å²) in [5.74, 6) is 1.78. The number of carbonyl (C=O) groups is 1. The van der Waals surface area contributed by atoms with E-state index in [2.05, 4.69) is 6.07 Å². The second-order valence-corrected chi connectivity index (χ2v) is 9.22. The van der Waals surface area contributed by atoms with Gasteiger partial charge in [-0.25, -0.2) is 4.39 Å². The molecule has 3 aromatic rings. The van der Waals surface area contributed by atoms with E-state index in [0.717, 1.165) is 22.3 Å². The fraction of sp³-hybridized carbons (Fsp3) is 0.310. The molecule has 184 valence electrons. The van der Waals surface area contributed by atoms with Crippen molar-refractivity contribution in [2.75, 3.05) is 13.7 Å². The van der Waals surface area contributed by atoms with Gasteiger partial charge in [0.1, 0.15) is 34.9 Å². The minimum absolute atomic E-state index is 0.0552. The van der Waals surface area contributed by atoms with Crippen molar-refractivity contribution in [1.82, 2.24) is 0 Å². The molecule has 1 aliphatic carbocycles. The van der Waals surface area contributed by atoms with E-state index in [4.69, 9.17) is 18.9 Å². The number of esters is 1. The predicted octanol–water partition coefficient (Wildman–Crippen LogP) is 6.21. The van der Waals surface area contributed by atoms with Crippen molar-refractivity contribution in [3.05, 3.63) is 81.7 Å². The van der Waals surface area contributed by atoms with Crippen molar-refractivity contribution in [3.8, 4) is 29.1 Å². The van der Waals surface area contributed by atoms with Crippen LogP contribution in [0.1, 0.15) is 58.2 Å². The fourth-order valence-corrected chi connectivity index (χ4v) is 5.09. The predicted molar refractivity (Wildman–Crippen MR) is 130 cm³/mol. The van der Waals surface area contributed by atoms with E-state index < -0.39 is 6.10 Å². The highest BCUT2D eigenvalue weighted by molar-refractivity contribution is 5.71. The normalized spacial score (nSPS) is 17.5. The molecule has 6 nitrogen and oxygen atoms in total. The Morgan fingerprint density at radius 1 is 1.14 bits per heavy atom. The average Bonchev–Trinajstić information content (AvgIpc) is 3.45. The summed E-state index contributed by atoms with van der Waals surface area (Å²) in [6.45, 7) is 4.15. The van der Waals surface area contributed by atoms with Crippen LogP contribution in [0.25, 0.3) is 0 Å². The summed E-state index contributed by atoms with van der Waals surface area (Å²) >= 11 is 0. The lowest BCUT2D eigenvalue weighted by Gasteiger charge is -2.17. The maximum absolute atomic E-state index is 15.0. The Morgan fingerprint density at radius 3 is 2.64 bits per heavy atom. The van der Waals surface area contributed by atoms with Gasteiger partial charge in [-0.3, -0.25) is 4.79 Å². The van der Waals surface area contributed by atoms with Gasteiger partial charge in [-0.15, -0.1) is 0 Å². The van der Waals surface area contributed by atoms with E-state index >= 15 is 0 Å². The molecule has 0 fully saturated rings. The number of halogens is 1. The summed E-state index contributed by atoms with van der Waals surface area (Å²) in [6, 6.07) is 14.4. The number of fused-ring (bicyclic) bond motifs is 2. The van der Waals surface area contributed by atoms with Gasteiger partial charge in [-0.05, 0) is 68.1 Å². The van der Waals surface area contributed by atoms with Crippen molar-refractivity contribution in [1.29, 1.82) is 5.26 Å². The summed E-state index contributed by atoms with van der Waals surface area (Å²) < 4.78 is 37.9. The monoisotopic (exact) mass is 487 g/mol. The number of aryl methyl sites for hydroxylation is 2. The molecule has 0 radical (unpaired) electrons. The average molecular weight is 488 g/mol. The molecule has 0 unspecified atom stereocenters. The van der Waals surface area contributed by atoms with Crippen LogP contribution in [0, 0.1) is 31.0 Å². The van der Waals surface area contributed by atoms with Crippen LogP contribution in [0.3, 0.4) is 0 Å². The Hall–Kier alpha value is -4.05. The molecular weight excluding hydrogens is 461 g/mol. The lowest BCUT2D eigenvalue weighted by molar-refractivity contribution is -0.141. The molecule has 2 aliphatic rings. The zero-order valence-corrected chi connectivity index (χ0v) is 20.4. The Kier molecular flexibility index (Phi) is 6.27. The van der Waals surface area contributed by atoms with Crippen LogP contribution in [0.2, 0.25) is 0 Å². The van der Waals surface area contributed by atoms with Gasteiger partial charge in [-0.2, -0.15) is 5.26 Å². The van der Waals surface area contributed by atoms with Gasteiger partial charge in [0.05, 0.1) is 31.8 Å². The molecule has 7 heteroatoms. The van der Waals surface area contributed by atoms with Crippen LogP contribution in [-0.4, -0.2) is 19.7 Å². The Morgan fingerprint density at radius 2 is 1.92 bits per heavy atom. The number of carbonyl (C=O) groups excluding carboxylic acids is 1. The molecule has 36 heavy (non-hydrogen) atoms. The number of benzene rings is 3. The lowest BCUT2D eigenvalue weighted by Crippen LogP contribution is -2.09. The van der Waals surface area contributed by atoms with Gasteiger partial charge >= 0.3 is 5.97 Å². The third-order valence-corrected chi connectivity index (χ3v) is 6.87. The van der Waals surface area contributed by atoms with Crippen molar-refractivity contribution in [2.24, 2.45) is 0 Å². The molecule has 0 amide bonds. The van der Waals surface area contributed by atoms with Gasteiger partial charge in [-0.1, -0.05) is 6.07 Å². The fourth-order valence-electron chi connectivity index (χ4n) is 5.09. The summed E-state index contributed by atoms with van der Waals surface area (Å²) in [4.78, 5) is 11.7. The molecule has 5 rings (SSSR count). The van der Waals surface area contributed by atoms with E-state index in [9.17, 15) is 14.4 Å². The number of hydrogen-bond acceptors (Lipinski definition) is 6. The molecule has 0 aromatic heterocycles. The van der Waals surface area contributed by atoms with E-state index in [0.29, 0.717) is 53.6 Å². The van der Waals surface area contributed by atoms with E-state index in [1.54, 1.807) is 12.1 Å². The molecule has 0 saturated carbocycles. The summed E-state index contributed by atoms with van der Waals surface area (Å²) in [5, 5.41) is 9.32. The van der Waals surface area contributed by atoms with Crippen LogP contribution in [0.15, 0.2) is 42.5 Å². The van der Waals surface area contributed by atoms with Crippen LogP contribution >= 0.6 is 0 Å². The zero-order chi connectivity index (χ0) is 25.4. The molecule has 1 aliphatic heterocycles. The minimum atomic E-state index is -0.460. The standard InChI is InChI=1S/C29H26FNO5/c1-16-10-20(11-17(2)23(16)14-31)36-25-9-7-24(30)29-22(25)6-8-26(29)35-19-4-5-21-18(12-28(32)33-3)15-34-27(21)13-19/h4-5,7,9-11,13,18,26H,6,8,12,15H2,1-3H3/t18-,26-/m1/s1. The molecule has 3 aromatic carbocycles. The SMILES string of the molecule is COC(=O)C[C@@H]1COc2cc(O[C@@H]3CCc4c(Oc5cc(C)c(C#N)c(C)c5)ccc(F)c43)ccc21. The number of ether oxygens (including phenoxy) is 4. The van der Waals surface area contributed by atoms with Gasteiger partial charge in [0.15, 0.2) is 0 Å². The molecule has 1 heterocycles. The first-order chi connectivity index (χ1) is 17.4. The summed E-state index contributed by atoms with van der Waals surface area (Å²) in [7, 11) is 1.37.